The highest BCUT2D eigenvalue weighted by atomic mass is 127. The average molecular weight is 432 g/mol. The Hall–Kier alpha value is -1.47. The van der Waals surface area contributed by atoms with Crippen molar-refractivity contribution >= 4 is 45.8 Å². The van der Waals surface area contributed by atoms with Crippen LogP contribution >= 0.6 is 34.2 Å². The van der Waals surface area contributed by atoms with Crippen LogP contribution in [0.2, 0.25) is 5.02 Å². The monoisotopic (exact) mass is 431 g/mol. The zero-order chi connectivity index (χ0) is 16.1. The zero-order valence-electron chi connectivity index (χ0n) is 12.2. The van der Waals surface area contributed by atoms with Crippen LogP contribution in [0.4, 0.5) is 5.69 Å². The van der Waals surface area contributed by atoms with E-state index in [1.165, 1.54) is 7.11 Å². The molecular formula is C16H15ClINO3. The maximum atomic E-state index is 12.4. The van der Waals surface area contributed by atoms with Gasteiger partial charge in [-0.15, -0.1) is 0 Å². The standard InChI is InChI=1S/C16H15ClINO3/c1-3-22-14-9-10(8-11(17)15(14)21-2)16(20)19-13-7-5-4-6-12(13)18/h4-9H,3H2,1-2H3,(H,19,20). The summed E-state index contributed by atoms with van der Waals surface area (Å²) in [5.41, 5.74) is 1.16. The van der Waals surface area contributed by atoms with Crippen LogP contribution in [0.3, 0.4) is 0 Å². The Labute approximate surface area is 147 Å². The first-order valence-corrected chi connectivity index (χ1v) is 8.08. The van der Waals surface area contributed by atoms with Gasteiger partial charge in [0.25, 0.3) is 5.91 Å². The number of carbonyl (C=O) groups is 1. The van der Waals surface area contributed by atoms with E-state index in [0.717, 1.165) is 9.26 Å². The fourth-order valence-electron chi connectivity index (χ4n) is 1.92. The second-order valence-corrected chi connectivity index (χ2v) is 5.93. The highest BCUT2D eigenvalue weighted by molar-refractivity contribution is 14.1. The predicted molar refractivity (Wildman–Crippen MR) is 96.3 cm³/mol. The Bertz CT molecular complexity index is 691. The number of hydrogen-bond donors (Lipinski definition) is 1. The molecule has 116 valence electrons. The summed E-state index contributed by atoms with van der Waals surface area (Å²) in [6, 6.07) is 10.7. The number of benzene rings is 2. The van der Waals surface area contributed by atoms with Crippen LogP contribution in [0.25, 0.3) is 0 Å². The SMILES string of the molecule is CCOc1cc(C(=O)Nc2ccccc2I)cc(Cl)c1OC. The van der Waals surface area contributed by atoms with Gasteiger partial charge in [0.1, 0.15) is 0 Å². The van der Waals surface area contributed by atoms with Gasteiger partial charge in [0.15, 0.2) is 11.5 Å². The number of anilines is 1. The number of hydrogen-bond acceptors (Lipinski definition) is 3. The van der Waals surface area contributed by atoms with Crippen molar-refractivity contribution in [1.29, 1.82) is 0 Å². The van der Waals surface area contributed by atoms with Crippen molar-refractivity contribution in [2.75, 3.05) is 19.0 Å². The van der Waals surface area contributed by atoms with Crippen molar-refractivity contribution in [2.24, 2.45) is 0 Å². The topological polar surface area (TPSA) is 47.6 Å². The molecule has 0 aromatic heterocycles. The molecule has 0 aliphatic rings. The molecule has 0 unspecified atom stereocenters. The zero-order valence-corrected chi connectivity index (χ0v) is 15.1. The van der Waals surface area contributed by atoms with Gasteiger partial charge >= 0.3 is 0 Å². The summed E-state index contributed by atoms with van der Waals surface area (Å²) in [5, 5.41) is 3.19. The van der Waals surface area contributed by atoms with Gasteiger partial charge in [0.05, 0.1) is 24.4 Å². The minimum Gasteiger partial charge on any atom is -0.491 e. The van der Waals surface area contributed by atoms with Crippen LogP contribution in [0.15, 0.2) is 36.4 Å². The number of rotatable bonds is 5. The van der Waals surface area contributed by atoms with Crippen molar-refractivity contribution < 1.29 is 14.3 Å². The van der Waals surface area contributed by atoms with Crippen LogP contribution < -0.4 is 14.8 Å². The molecular weight excluding hydrogens is 417 g/mol. The van der Waals surface area contributed by atoms with E-state index < -0.39 is 0 Å². The maximum absolute atomic E-state index is 12.4. The second-order valence-electron chi connectivity index (χ2n) is 4.36. The largest absolute Gasteiger partial charge is 0.491 e. The number of halogens is 2. The highest BCUT2D eigenvalue weighted by Gasteiger charge is 2.16. The second kappa shape index (κ2) is 7.69. The van der Waals surface area contributed by atoms with Crippen molar-refractivity contribution in [3.8, 4) is 11.5 Å². The van der Waals surface area contributed by atoms with Crippen LogP contribution in [0, 0.1) is 3.57 Å². The maximum Gasteiger partial charge on any atom is 0.255 e. The van der Waals surface area contributed by atoms with Crippen molar-refractivity contribution in [3.63, 3.8) is 0 Å². The molecule has 0 bridgehead atoms. The molecule has 4 nitrogen and oxygen atoms in total. The molecule has 1 N–H and O–H groups in total. The summed E-state index contributed by atoms with van der Waals surface area (Å²) in [7, 11) is 1.51. The lowest BCUT2D eigenvalue weighted by Gasteiger charge is -2.13. The average Bonchev–Trinajstić information content (AvgIpc) is 2.49. The molecule has 0 radical (unpaired) electrons. The predicted octanol–water partition coefficient (Wildman–Crippen LogP) is 4.60. The Balaban J connectivity index is 2.32. The van der Waals surface area contributed by atoms with Gasteiger partial charge in [-0.1, -0.05) is 23.7 Å². The summed E-state index contributed by atoms with van der Waals surface area (Å²) >= 11 is 8.33. The lowest BCUT2D eigenvalue weighted by molar-refractivity contribution is 0.102. The van der Waals surface area contributed by atoms with E-state index in [1.807, 2.05) is 31.2 Å². The molecule has 2 aromatic rings. The van der Waals surface area contributed by atoms with Crippen LogP contribution in [-0.2, 0) is 0 Å². The first-order chi connectivity index (χ1) is 10.6. The molecule has 0 aliphatic carbocycles. The fourth-order valence-corrected chi connectivity index (χ4v) is 2.73. The molecule has 2 rings (SSSR count). The van der Waals surface area contributed by atoms with Crippen molar-refractivity contribution in [2.45, 2.75) is 6.92 Å². The smallest absolute Gasteiger partial charge is 0.255 e. The van der Waals surface area contributed by atoms with Gasteiger partial charge in [0.2, 0.25) is 0 Å². The number of nitrogens with one attached hydrogen (secondary N) is 1. The molecule has 0 heterocycles. The molecule has 0 fully saturated rings. The molecule has 0 aliphatic heterocycles. The van der Waals surface area contributed by atoms with E-state index in [0.29, 0.717) is 28.7 Å². The molecule has 0 spiro atoms. The Morgan fingerprint density at radius 2 is 2.05 bits per heavy atom. The quantitative estimate of drug-likeness (QED) is 0.704. The van der Waals surface area contributed by atoms with Crippen molar-refractivity contribution in [3.05, 3.63) is 50.6 Å². The third-order valence-electron chi connectivity index (χ3n) is 2.90. The molecule has 2 aromatic carbocycles. The minimum absolute atomic E-state index is 0.255. The first kappa shape index (κ1) is 16.9. The Morgan fingerprint density at radius 3 is 2.68 bits per heavy atom. The number of carbonyl (C=O) groups excluding carboxylic acids is 1. The third-order valence-corrected chi connectivity index (χ3v) is 4.12. The van der Waals surface area contributed by atoms with Gasteiger partial charge < -0.3 is 14.8 Å². The molecule has 0 saturated carbocycles. The highest BCUT2D eigenvalue weighted by Crippen LogP contribution is 2.36. The first-order valence-electron chi connectivity index (χ1n) is 6.63. The summed E-state index contributed by atoms with van der Waals surface area (Å²) in [6.45, 7) is 2.31. The van der Waals surface area contributed by atoms with Crippen LogP contribution in [0.5, 0.6) is 11.5 Å². The molecule has 1 amide bonds. The summed E-state index contributed by atoms with van der Waals surface area (Å²) in [5.74, 6) is 0.620. The summed E-state index contributed by atoms with van der Waals surface area (Å²) < 4.78 is 11.7. The normalized spacial score (nSPS) is 10.2. The van der Waals surface area contributed by atoms with Crippen LogP contribution in [-0.4, -0.2) is 19.6 Å². The Kier molecular flexibility index (Phi) is 5.90. The molecule has 0 saturated heterocycles. The minimum atomic E-state index is -0.255. The van der Waals surface area contributed by atoms with Crippen molar-refractivity contribution in [1.82, 2.24) is 0 Å². The van der Waals surface area contributed by atoms with Gasteiger partial charge in [-0.2, -0.15) is 0 Å². The van der Waals surface area contributed by atoms with Gasteiger partial charge in [0, 0.05) is 9.13 Å². The lowest BCUT2D eigenvalue weighted by atomic mass is 10.1. The third kappa shape index (κ3) is 3.84. The van der Waals surface area contributed by atoms with E-state index in [2.05, 4.69) is 27.9 Å². The molecule has 22 heavy (non-hydrogen) atoms. The number of para-hydroxylation sites is 1. The number of methoxy groups -OCH3 is 1. The number of ether oxygens (including phenoxy) is 2. The van der Waals surface area contributed by atoms with E-state index in [-0.39, 0.29) is 5.91 Å². The van der Waals surface area contributed by atoms with Gasteiger partial charge in [-0.25, -0.2) is 0 Å². The fraction of sp³-hybridized carbons (Fsp3) is 0.188. The van der Waals surface area contributed by atoms with Crippen LogP contribution in [0.1, 0.15) is 17.3 Å². The van der Waals surface area contributed by atoms with E-state index in [4.69, 9.17) is 21.1 Å². The lowest BCUT2D eigenvalue weighted by Crippen LogP contribution is -2.13. The van der Waals surface area contributed by atoms with E-state index >= 15 is 0 Å². The molecule has 6 heteroatoms. The van der Waals surface area contributed by atoms with E-state index in [1.54, 1.807) is 12.1 Å². The number of amides is 1. The summed E-state index contributed by atoms with van der Waals surface area (Å²) in [4.78, 5) is 12.4. The summed E-state index contributed by atoms with van der Waals surface area (Å²) in [6.07, 6.45) is 0. The van der Waals surface area contributed by atoms with Gasteiger partial charge in [-0.3, -0.25) is 4.79 Å². The van der Waals surface area contributed by atoms with Gasteiger partial charge in [-0.05, 0) is 53.8 Å². The molecule has 0 atom stereocenters. The Morgan fingerprint density at radius 1 is 1.32 bits per heavy atom. The van der Waals surface area contributed by atoms with E-state index in [9.17, 15) is 4.79 Å².